The number of rotatable bonds is 1. The Kier molecular flexibility index (Phi) is 3.05. The summed E-state index contributed by atoms with van der Waals surface area (Å²) in [5.74, 6) is -0.482. The molecule has 0 unspecified atom stereocenters. The summed E-state index contributed by atoms with van der Waals surface area (Å²) >= 11 is 3.45. The summed E-state index contributed by atoms with van der Waals surface area (Å²) in [7, 11) is 0. The first kappa shape index (κ1) is 12.6. The molecule has 1 fully saturated rings. The van der Waals surface area contributed by atoms with Crippen LogP contribution in [0.15, 0.2) is 34.8 Å². The van der Waals surface area contributed by atoms with Crippen LogP contribution in [0.4, 0.5) is 5.69 Å². The number of nitrogens with zero attached hydrogens (tertiary/aromatic N) is 1. The van der Waals surface area contributed by atoms with Gasteiger partial charge in [0.05, 0.1) is 17.5 Å². The second-order valence-corrected chi connectivity index (χ2v) is 5.98. The third-order valence-electron chi connectivity index (χ3n) is 3.85. The fraction of sp³-hybridized carbons (Fsp3) is 0.333. The molecule has 0 bridgehead atoms. The van der Waals surface area contributed by atoms with E-state index >= 15 is 0 Å². The van der Waals surface area contributed by atoms with Crippen molar-refractivity contribution in [3.05, 3.63) is 40.4 Å². The van der Waals surface area contributed by atoms with Gasteiger partial charge in [-0.15, -0.1) is 0 Å². The first-order valence-corrected chi connectivity index (χ1v) is 7.18. The second kappa shape index (κ2) is 4.60. The Hall–Kier alpha value is -1.42. The Balaban J connectivity index is 2.02. The number of aryl methyl sites for hydroxylation is 1. The van der Waals surface area contributed by atoms with Crippen molar-refractivity contribution in [3.8, 4) is 0 Å². The van der Waals surface area contributed by atoms with Gasteiger partial charge in [0, 0.05) is 4.47 Å². The fourth-order valence-corrected chi connectivity index (χ4v) is 3.50. The molecular weight excluding hydrogens is 306 g/mol. The molecule has 0 spiro atoms. The summed E-state index contributed by atoms with van der Waals surface area (Å²) in [6.45, 7) is 1.98. The highest BCUT2D eigenvalue weighted by molar-refractivity contribution is 9.10. The van der Waals surface area contributed by atoms with Gasteiger partial charge in [0.15, 0.2) is 0 Å². The zero-order chi connectivity index (χ0) is 13.6. The molecule has 0 saturated carbocycles. The van der Waals surface area contributed by atoms with Gasteiger partial charge in [-0.2, -0.15) is 0 Å². The van der Waals surface area contributed by atoms with Crippen molar-refractivity contribution < 1.29 is 9.59 Å². The molecule has 1 aromatic rings. The molecule has 3 rings (SSSR count). The van der Waals surface area contributed by atoms with Crippen molar-refractivity contribution in [2.45, 2.75) is 19.8 Å². The first-order chi connectivity index (χ1) is 9.09. The van der Waals surface area contributed by atoms with Crippen LogP contribution in [0.1, 0.15) is 18.4 Å². The van der Waals surface area contributed by atoms with E-state index in [1.165, 1.54) is 4.90 Å². The van der Waals surface area contributed by atoms with E-state index in [-0.39, 0.29) is 23.7 Å². The van der Waals surface area contributed by atoms with Crippen molar-refractivity contribution in [1.82, 2.24) is 0 Å². The van der Waals surface area contributed by atoms with E-state index in [0.29, 0.717) is 18.5 Å². The van der Waals surface area contributed by atoms with E-state index in [1.54, 1.807) is 0 Å². The second-order valence-electron chi connectivity index (χ2n) is 5.12. The number of benzene rings is 1. The van der Waals surface area contributed by atoms with Crippen LogP contribution in [0.3, 0.4) is 0 Å². The van der Waals surface area contributed by atoms with Gasteiger partial charge in [-0.1, -0.05) is 18.2 Å². The van der Waals surface area contributed by atoms with Gasteiger partial charge in [0.25, 0.3) is 0 Å². The molecule has 4 heteroatoms. The molecule has 2 atom stereocenters. The predicted octanol–water partition coefficient (Wildman–Crippen LogP) is 3.21. The smallest absolute Gasteiger partial charge is 0.238 e. The van der Waals surface area contributed by atoms with Crippen LogP contribution in [-0.4, -0.2) is 11.8 Å². The van der Waals surface area contributed by atoms with E-state index in [4.69, 9.17) is 0 Å². The largest absolute Gasteiger partial charge is 0.274 e. The predicted molar refractivity (Wildman–Crippen MR) is 76.7 cm³/mol. The third-order valence-corrected chi connectivity index (χ3v) is 4.49. The van der Waals surface area contributed by atoms with Gasteiger partial charge in [-0.25, -0.2) is 4.90 Å². The number of hydrogen-bond acceptors (Lipinski definition) is 2. The lowest BCUT2D eigenvalue weighted by Crippen LogP contribution is -2.31. The number of halogens is 1. The number of hydrogen-bond donors (Lipinski definition) is 0. The average Bonchev–Trinajstić information content (AvgIpc) is 2.64. The lowest BCUT2D eigenvalue weighted by molar-refractivity contribution is -0.122. The summed E-state index contributed by atoms with van der Waals surface area (Å²) in [6.07, 6.45) is 5.35. The van der Waals surface area contributed by atoms with Crippen LogP contribution >= 0.6 is 15.9 Å². The van der Waals surface area contributed by atoms with Gasteiger partial charge >= 0.3 is 0 Å². The topological polar surface area (TPSA) is 37.4 Å². The minimum atomic E-state index is -0.175. The number of anilines is 1. The zero-order valence-corrected chi connectivity index (χ0v) is 12.2. The van der Waals surface area contributed by atoms with Crippen molar-refractivity contribution in [3.63, 3.8) is 0 Å². The monoisotopic (exact) mass is 319 g/mol. The average molecular weight is 320 g/mol. The quantitative estimate of drug-likeness (QED) is 0.588. The zero-order valence-electron chi connectivity index (χ0n) is 10.6. The summed E-state index contributed by atoms with van der Waals surface area (Å²) in [5.41, 5.74) is 1.75. The van der Waals surface area contributed by atoms with Crippen LogP contribution in [0.25, 0.3) is 0 Å². The van der Waals surface area contributed by atoms with E-state index in [0.717, 1.165) is 10.0 Å². The molecule has 1 aliphatic heterocycles. The molecular formula is C15H14BrNO2. The molecule has 19 heavy (non-hydrogen) atoms. The van der Waals surface area contributed by atoms with Crippen molar-refractivity contribution >= 4 is 33.4 Å². The molecule has 0 N–H and O–H groups in total. The highest BCUT2D eigenvalue weighted by Gasteiger charge is 2.48. The number of carbonyl (C=O) groups excluding carboxylic acids is 2. The number of fused-ring (bicyclic) bond motifs is 1. The normalized spacial score (nSPS) is 25.9. The number of carbonyl (C=O) groups is 2. The van der Waals surface area contributed by atoms with E-state index in [1.807, 2.05) is 37.3 Å². The Morgan fingerprint density at radius 2 is 1.68 bits per heavy atom. The molecule has 0 aromatic heterocycles. The SMILES string of the molecule is Cc1ccc(N2C(=O)[C@H]3CC=CC[C@H]3C2=O)c(Br)c1. The lowest BCUT2D eigenvalue weighted by atomic mass is 9.85. The van der Waals surface area contributed by atoms with Crippen LogP contribution < -0.4 is 4.90 Å². The van der Waals surface area contributed by atoms with Gasteiger partial charge in [0.2, 0.25) is 11.8 Å². The summed E-state index contributed by atoms with van der Waals surface area (Å²) in [5, 5.41) is 0. The summed E-state index contributed by atoms with van der Waals surface area (Å²) in [6, 6.07) is 5.68. The standard InChI is InChI=1S/C15H14BrNO2/c1-9-6-7-13(12(16)8-9)17-14(18)10-4-2-3-5-11(10)15(17)19/h2-3,6-8,10-11H,4-5H2,1H3/t10-,11+. The number of imide groups is 1. The number of allylic oxidation sites excluding steroid dienone is 2. The third kappa shape index (κ3) is 1.94. The summed E-state index contributed by atoms with van der Waals surface area (Å²) in [4.78, 5) is 26.2. The van der Waals surface area contributed by atoms with E-state index in [2.05, 4.69) is 15.9 Å². The molecule has 0 radical (unpaired) electrons. The highest BCUT2D eigenvalue weighted by atomic mass is 79.9. The van der Waals surface area contributed by atoms with Gasteiger partial charge < -0.3 is 0 Å². The highest BCUT2D eigenvalue weighted by Crippen LogP contribution is 2.40. The molecule has 2 amide bonds. The van der Waals surface area contributed by atoms with Crippen LogP contribution in [0, 0.1) is 18.8 Å². The van der Waals surface area contributed by atoms with Crippen molar-refractivity contribution in [2.24, 2.45) is 11.8 Å². The van der Waals surface area contributed by atoms with E-state index < -0.39 is 0 Å². The molecule has 3 nitrogen and oxygen atoms in total. The van der Waals surface area contributed by atoms with Crippen LogP contribution in [0.2, 0.25) is 0 Å². The van der Waals surface area contributed by atoms with Gasteiger partial charge in [-0.3, -0.25) is 9.59 Å². The molecule has 2 aliphatic rings. The molecule has 1 aliphatic carbocycles. The Morgan fingerprint density at radius 3 is 2.21 bits per heavy atom. The minimum absolute atomic E-state index is 0.0658. The maximum Gasteiger partial charge on any atom is 0.238 e. The Bertz CT molecular complexity index is 568. The maximum atomic E-state index is 12.4. The Labute approximate surface area is 120 Å². The maximum absolute atomic E-state index is 12.4. The van der Waals surface area contributed by atoms with Gasteiger partial charge in [-0.05, 0) is 53.4 Å². The fourth-order valence-electron chi connectivity index (χ4n) is 2.83. The van der Waals surface area contributed by atoms with Crippen molar-refractivity contribution in [1.29, 1.82) is 0 Å². The molecule has 98 valence electrons. The molecule has 1 aromatic carbocycles. The lowest BCUT2D eigenvalue weighted by Gasteiger charge is -2.16. The van der Waals surface area contributed by atoms with Crippen molar-refractivity contribution in [2.75, 3.05) is 4.90 Å². The van der Waals surface area contributed by atoms with Crippen LogP contribution in [-0.2, 0) is 9.59 Å². The first-order valence-electron chi connectivity index (χ1n) is 6.38. The summed E-state index contributed by atoms with van der Waals surface area (Å²) < 4.78 is 0.792. The molecule has 1 saturated heterocycles. The number of amides is 2. The minimum Gasteiger partial charge on any atom is -0.274 e. The van der Waals surface area contributed by atoms with Crippen LogP contribution in [0.5, 0.6) is 0 Å². The van der Waals surface area contributed by atoms with Gasteiger partial charge in [0.1, 0.15) is 0 Å². The Morgan fingerprint density at radius 1 is 1.11 bits per heavy atom. The molecule has 1 heterocycles. The van der Waals surface area contributed by atoms with E-state index in [9.17, 15) is 9.59 Å².